The highest BCUT2D eigenvalue weighted by Gasteiger charge is 2.31. The molecule has 0 bridgehead atoms. The Morgan fingerprint density at radius 1 is 1.26 bits per heavy atom. The molecule has 1 aliphatic rings. The number of hydrogen-bond acceptors (Lipinski definition) is 5. The number of benzene rings is 1. The average molecular weight is 405 g/mol. The Morgan fingerprint density at radius 3 is 2.59 bits per heavy atom. The van der Waals surface area contributed by atoms with Crippen LogP contribution in [-0.2, 0) is 35.5 Å². The third-order valence-electron chi connectivity index (χ3n) is 4.17. The molecule has 11 heteroatoms. The van der Waals surface area contributed by atoms with Gasteiger partial charge in [-0.3, -0.25) is 14.7 Å². The average Bonchev–Trinajstić information content (AvgIpc) is 2.53. The predicted octanol–water partition coefficient (Wildman–Crippen LogP) is 1.89. The number of nitrogens with one attached hydrogen (secondary N) is 1. The van der Waals surface area contributed by atoms with Crippen LogP contribution >= 0.6 is 0 Å². The van der Waals surface area contributed by atoms with Crippen LogP contribution in [0.15, 0.2) is 28.2 Å². The van der Waals surface area contributed by atoms with Gasteiger partial charge in [0.25, 0.3) is 5.56 Å². The zero-order chi connectivity index (χ0) is 20.0. The molecule has 6 nitrogen and oxygen atoms in total. The highest BCUT2D eigenvalue weighted by atomic mass is 32.2. The molecule has 0 atom stereocenters. The normalized spacial score (nSPS) is 15.6. The van der Waals surface area contributed by atoms with E-state index >= 15 is 0 Å². The maximum atomic E-state index is 13.5. The molecule has 0 unspecified atom stereocenters. The van der Waals surface area contributed by atoms with E-state index in [-0.39, 0.29) is 30.6 Å². The molecule has 0 saturated carbocycles. The van der Waals surface area contributed by atoms with E-state index in [0.29, 0.717) is 18.3 Å². The van der Waals surface area contributed by atoms with E-state index in [1.54, 1.807) is 4.90 Å². The summed E-state index contributed by atoms with van der Waals surface area (Å²) in [7, 11) is -3.67. The van der Waals surface area contributed by atoms with E-state index in [4.69, 9.17) is 0 Å². The molecular formula is C16H15F4N3O3S. The Hall–Kier alpha value is -2.27. The Bertz CT molecular complexity index is 1050. The van der Waals surface area contributed by atoms with E-state index < -0.39 is 38.1 Å². The van der Waals surface area contributed by atoms with Gasteiger partial charge in [-0.05, 0) is 23.8 Å². The summed E-state index contributed by atoms with van der Waals surface area (Å²) in [4.78, 5) is 20.0. The van der Waals surface area contributed by atoms with Gasteiger partial charge >= 0.3 is 6.18 Å². The van der Waals surface area contributed by atoms with E-state index in [0.717, 1.165) is 18.4 Å². The molecular weight excluding hydrogens is 390 g/mol. The summed E-state index contributed by atoms with van der Waals surface area (Å²) in [6.45, 7) is 0.414. The fourth-order valence-corrected chi connectivity index (χ4v) is 3.49. The molecule has 1 N–H and O–H groups in total. The molecule has 3 rings (SSSR count). The minimum absolute atomic E-state index is 0.00749. The van der Waals surface area contributed by atoms with E-state index in [1.165, 1.54) is 0 Å². The number of hydrogen-bond donors (Lipinski definition) is 1. The summed E-state index contributed by atoms with van der Waals surface area (Å²) in [6.07, 6.45) is -3.48. The van der Waals surface area contributed by atoms with Gasteiger partial charge in [0, 0.05) is 32.3 Å². The topological polar surface area (TPSA) is 83.1 Å². The monoisotopic (exact) mass is 405 g/mol. The molecule has 2 aromatic rings. The van der Waals surface area contributed by atoms with Crippen molar-refractivity contribution in [3.63, 3.8) is 0 Å². The van der Waals surface area contributed by atoms with Crippen LogP contribution in [0.2, 0.25) is 0 Å². The van der Waals surface area contributed by atoms with Crippen molar-refractivity contribution in [2.45, 2.75) is 30.8 Å². The van der Waals surface area contributed by atoms with Gasteiger partial charge < -0.3 is 0 Å². The number of aromatic amines is 1. The number of H-pyrrole nitrogens is 1. The molecule has 0 spiro atoms. The Kier molecular flexibility index (Phi) is 4.85. The largest absolute Gasteiger partial charge is 0.416 e. The lowest BCUT2D eigenvalue weighted by Crippen LogP contribution is -2.36. The van der Waals surface area contributed by atoms with Gasteiger partial charge in [0.15, 0.2) is 0 Å². The first-order chi connectivity index (χ1) is 12.4. The van der Waals surface area contributed by atoms with Crippen molar-refractivity contribution in [1.29, 1.82) is 0 Å². The van der Waals surface area contributed by atoms with Crippen molar-refractivity contribution in [1.82, 2.24) is 14.9 Å². The molecule has 27 heavy (non-hydrogen) atoms. The summed E-state index contributed by atoms with van der Waals surface area (Å²) < 4.78 is 75.1. The second kappa shape index (κ2) is 6.71. The molecule has 1 aliphatic heterocycles. The van der Waals surface area contributed by atoms with Crippen molar-refractivity contribution >= 4 is 9.84 Å². The van der Waals surface area contributed by atoms with E-state index in [9.17, 15) is 30.8 Å². The van der Waals surface area contributed by atoms with Gasteiger partial charge in [-0.25, -0.2) is 17.8 Å². The zero-order valence-corrected chi connectivity index (χ0v) is 14.9. The molecule has 146 valence electrons. The molecule has 1 aromatic carbocycles. The smallest absolute Gasteiger partial charge is 0.297 e. The maximum Gasteiger partial charge on any atom is 0.416 e. The number of rotatable bonds is 3. The van der Waals surface area contributed by atoms with Crippen LogP contribution in [0.4, 0.5) is 17.6 Å². The number of alkyl halides is 3. The first-order valence-electron chi connectivity index (χ1n) is 7.84. The Labute approximate surface area is 151 Å². The standard InChI is InChI=1S/C16H15F4N3O3S/c1-27(25,26)15-21-13-2-3-23(8-12(13)14(24)22-15)7-9-4-10(16(18,19)20)6-11(17)5-9/h4-6H,2-3,7-8H2,1H3,(H,21,22,24). The van der Waals surface area contributed by atoms with Crippen molar-refractivity contribution in [3.8, 4) is 0 Å². The Morgan fingerprint density at radius 2 is 1.96 bits per heavy atom. The van der Waals surface area contributed by atoms with Crippen LogP contribution in [0.25, 0.3) is 0 Å². The number of aromatic nitrogens is 2. The van der Waals surface area contributed by atoms with Gasteiger partial charge in [0.2, 0.25) is 15.0 Å². The van der Waals surface area contributed by atoms with E-state index in [1.807, 2.05) is 0 Å². The summed E-state index contributed by atoms with van der Waals surface area (Å²) in [6, 6.07) is 2.31. The number of halogens is 4. The molecule has 0 fully saturated rings. The maximum absolute atomic E-state index is 13.5. The summed E-state index contributed by atoms with van der Waals surface area (Å²) in [5, 5.41) is -0.417. The van der Waals surface area contributed by atoms with Gasteiger partial charge in [0.05, 0.1) is 16.8 Å². The van der Waals surface area contributed by atoms with Gasteiger partial charge in [0.1, 0.15) is 5.82 Å². The molecule has 0 saturated heterocycles. The van der Waals surface area contributed by atoms with Gasteiger partial charge in [-0.2, -0.15) is 13.2 Å². The summed E-state index contributed by atoms with van der Waals surface area (Å²) in [5.41, 5.74) is -0.970. The Balaban J connectivity index is 1.86. The highest BCUT2D eigenvalue weighted by Crippen LogP contribution is 2.31. The van der Waals surface area contributed by atoms with Crippen molar-refractivity contribution in [2.24, 2.45) is 0 Å². The molecule has 0 aliphatic carbocycles. The van der Waals surface area contributed by atoms with Crippen LogP contribution in [-0.4, -0.2) is 36.1 Å². The molecule has 2 heterocycles. The van der Waals surface area contributed by atoms with Gasteiger partial charge in [-0.1, -0.05) is 0 Å². The number of sulfone groups is 1. The third-order valence-corrected chi connectivity index (χ3v) is 5.06. The van der Waals surface area contributed by atoms with Gasteiger partial charge in [-0.15, -0.1) is 0 Å². The molecule has 1 aromatic heterocycles. The zero-order valence-electron chi connectivity index (χ0n) is 14.1. The molecule has 0 amide bonds. The number of fused-ring (bicyclic) bond motifs is 1. The van der Waals surface area contributed by atoms with Crippen LogP contribution in [0.5, 0.6) is 0 Å². The minimum atomic E-state index is -4.66. The lowest BCUT2D eigenvalue weighted by atomic mass is 10.0. The molecule has 0 radical (unpaired) electrons. The fraction of sp³-hybridized carbons (Fsp3) is 0.375. The highest BCUT2D eigenvalue weighted by molar-refractivity contribution is 7.90. The SMILES string of the molecule is CS(=O)(=O)c1nc2c(c(=O)[nH]1)CN(Cc1cc(F)cc(C(F)(F)F)c1)CC2. The van der Waals surface area contributed by atoms with Crippen molar-refractivity contribution in [2.75, 3.05) is 12.8 Å². The minimum Gasteiger partial charge on any atom is -0.297 e. The first kappa shape index (κ1) is 19.5. The second-order valence-corrected chi connectivity index (χ2v) is 8.31. The summed E-state index contributed by atoms with van der Waals surface area (Å²) >= 11 is 0. The lowest BCUT2D eigenvalue weighted by Gasteiger charge is -2.27. The first-order valence-corrected chi connectivity index (χ1v) is 9.74. The van der Waals surface area contributed by atoms with Crippen LogP contribution in [0, 0.1) is 5.82 Å². The summed E-state index contributed by atoms with van der Waals surface area (Å²) in [5.74, 6) is -0.991. The van der Waals surface area contributed by atoms with Crippen molar-refractivity contribution in [3.05, 3.63) is 56.8 Å². The lowest BCUT2D eigenvalue weighted by molar-refractivity contribution is -0.137. The van der Waals surface area contributed by atoms with Crippen molar-refractivity contribution < 1.29 is 26.0 Å². The third kappa shape index (κ3) is 4.35. The van der Waals surface area contributed by atoms with Crippen LogP contribution in [0.3, 0.4) is 0 Å². The van der Waals surface area contributed by atoms with Crippen LogP contribution in [0.1, 0.15) is 22.4 Å². The quantitative estimate of drug-likeness (QED) is 0.623. The van der Waals surface area contributed by atoms with Crippen LogP contribution < -0.4 is 5.56 Å². The number of nitrogens with zero attached hydrogens (tertiary/aromatic N) is 2. The predicted molar refractivity (Wildman–Crippen MR) is 87.2 cm³/mol. The van der Waals surface area contributed by atoms with E-state index in [2.05, 4.69) is 9.97 Å². The second-order valence-electron chi connectivity index (χ2n) is 6.38. The fourth-order valence-electron chi connectivity index (χ4n) is 2.93.